The van der Waals surface area contributed by atoms with Crippen molar-refractivity contribution < 1.29 is 14.3 Å². The number of nitrogens with zero attached hydrogens (tertiary/aromatic N) is 1. The van der Waals surface area contributed by atoms with Gasteiger partial charge in [-0.05, 0) is 48.7 Å². The SMILES string of the molecule is CCC(NC(=O)C1CCN(c2cccc(Br)c2)C1=O)c1ccc(OC)cc1. The van der Waals surface area contributed by atoms with Gasteiger partial charge in [-0.3, -0.25) is 9.59 Å². The van der Waals surface area contributed by atoms with Crippen molar-refractivity contribution in [2.45, 2.75) is 25.8 Å². The number of hydrogen-bond acceptors (Lipinski definition) is 3. The van der Waals surface area contributed by atoms with E-state index in [-0.39, 0.29) is 17.9 Å². The van der Waals surface area contributed by atoms with Gasteiger partial charge in [-0.1, -0.05) is 41.1 Å². The van der Waals surface area contributed by atoms with E-state index in [4.69, 9.17) is 4.74 Å². The number of amides is 2. The molecule has 1 aliphatic rings. The van der Waals surface area contributed by atoms with Gasteiger partial charge >= 0.3 is 0 Å². The highest BCUT2D eigenvalue weighted by Gasteiger charge is 2.38. The second-order valence-corrected chi connectivity index (χ2v) is 7.47. The van der Waals surface area contributed by atoms with Crippen LogP contribution >= 0.6 is 15.9 Å². The second-order valence-electron chi connectivity index (χ2n) is 6.55. The first-order valence-electron chi connectivity index (χ1n) is 9.04. The fourth-order valence-electron chi connectivity index (χ4n) is 3.35. The van der Waals surface area contributed by atoms with Gasteiger partial charge in [0, 0.05) is 16.7 Å². The fraction of sp³-hybridized carbons (Fsp3) is 0.333. The lowest BCUT2D eigenvalue weighted by Crippen LogP contribution is -2.38. The molecule has 142 valence electrons. The first-order chi connectivity index (χ1) is 13.0. The minimum atomic E-state index is -0.642. The topological polar surface area (TPSA) is 58.6 Å². The molecule has 27 heavy (non-hydrogen) atoms. The largest absolute Gasteiger partial charge is 0.497 e. The van der Waals surface area contributed by atoms with E-state index in [1.54, 1.807) is 12.0 Å². The van der Waals surface area contributed by atoms with Crippen LogP contribution in [-0.4, -0.2) is 25.5 Å². The number of nitrogens with one attached hydrogen (secondary N) is 1. The second kappa shape index (κ2) is 8.57. The minimum absolute atomic E-state index is 0.129. The van der Waals surface area contributed by atoms with Crippen LogP contribution in [0.2, 0.25) is 0 Å². The van der Waals surface area contributed by atoms with Gasteiger partial charge < -0.3 is 15.0 Å². The Hall–Kier alpha value is -2.34. The van der Waals surface area contributed by atoms with E-state index >= 15 is 0 Å². The Morgan fingerprint density at radius 3 is 2.67 bits per heavy atom. The summed E-state index contributed by atoms with van der Waals surface area (Å²) < 4.78 is 6.09. The number of methoxy groups -OCH3 is 1. The summed E-state index contributed by atoms with van der Waals surface area (Å²) >= 11 is 3.43. The standard InChI is InChI=1S/C21H23BrN2O3/c1-3-19(14-7-9-17(27-2)10-8-14)23-20(25)18-11-12-24(21(18)26)16-6-4-5-15(22)13-16/h4-10,13,18-19H,3,11-12H2,1-2H3,(H,23,25). The molecular formula is C21H23BrN2O3. The molecule has 2 amide bonds. The lowest BCUT2D eigenvalue weighted by molar-refractivity contribution is -0.132. The van der Waals surface area contributed by atoms with Crippen LogP contribution in [0.4, 0.5) is 5.69 Å². The van der Waals surface area contributed by atoms with Crippen molar-refractivity contribution in [1.29, 1.82) is 0 Å². The molecule has 1 heterocycles. The minimum Gasteiger partial charge on any atom is -0.497 e. The van der Waals surface area contributed by atoms with E-state index in [1.165, 1.54) is 0 Å². The highest BCUT2D eigenvalue weighted by atomic mass is 79.9. The van der Waals surface area contributed by atoms with Gasteiger partial charge in [-0.2, -0.15) is 0 Å². The van der Waals surface area contributed by atoms with Crippen molar-refractivity contribution in [3.05, 3.63) is 58.6 Å². The number of halogens is 1. The monoisotopic (exact) mass is 430 g/mol. The quantitative estimate of drug-likeness (QED) is 0.702. The van der Waals surface area contributed by atoms with Crippen LogP contribution < -0.4 is 15.0 Å². The third kappa shape index (κ3) is 4.33. The molecule has 2 aromatic rings. The molecule has 0 spiro atoms. The van der Waals surface area contributed by atoms with Crippen LogP contribution in [0, 0.1) is 5.92 Å². The Bertz CT molecular complexity index is 822. The summed E-state index contributed by atoms with van der Waals surface area (Å²) in [6.45, 7) is 2.56. The lowest BCUT2D eigenvalue weighted by Gasteiger charge is -2.20. The zero-order chi connectivity index (χ0) is 19.4. The smallest absolute Gasteiger partial charge is 0.239 e. The van der Waals surface area contributed by atoms with E-state index in [0.29, 0.717) is 13.0 Å². The Morgan fingerprint density at radius 2 is 2.04 bits per heavy atom. The molecule has 2 unspecified atom stereocenters. The number of hydrogen-bond donors (Lipinski definition) is 1. The number of ether oxygens (including phenoxy) is 1. The molecule has 1 aliphatic heterocycles. The summed E-state index contributed by atoms with van der Waals surface area (Å²) in [7, 11) is 1.62. The molecule has 3 rings (SSSR count). The molecule has 5 nitrogen and oxygen atoms in total. The average molecular weight is 431 g/mol. The molecule has 1 saturated heterocycles. The third-order valence-electron chi connectivity index (χ3n) is 4.88. The van der Waals surface area contributed by atoms with Crippen LogP contribution in [0.3, 0.4) is 0 Å². The van der Waals surface area contributed by atoms with Crippen LogP contribution in [0.15, 0.2) is 53.0 Å². The predicted molar refractivity (Wildman–Crippen MR) is 109 cm³/mol. The number of benzene rings is 2. The fourth-order valence-corrected chi connectivity index (χ4v) is 3.74. The van der Waals surface area contributed by atoms with Crippen molar-refractivity contribution in [2.24, 2.45) is 5.92 Å². The summed E-state index contributed by atoms with van der Waals surface area (Å²) in [5.41, 5.74) is 1.81. The van der Waals surface area contributed by atoms with Gasteiger partial charge in [-0.25, -0.2) is 0 Å². The zero-order valence-electron chi connectivity index (χ0n) is 15.4. The summed E-state index contributed by atoms with van der Waals surface area (Å²) in [4.78, 5) is 27.2. The molecule has 1 fully saturated rings. The van der Waals surface area contributed by atoms with Crippen molar-refractivity contribution in [2.75, 3.05) is 18.6 Å². The molecule has 0 saturated carbocycles. The van der Waals surface area contributed by atoms with Gasteiger partial charge in [0.25, 0.3) is 0 Å². The molecule has 0 aromatic heterocycles. The highest BCUT2D eigenvalue weighted by Crippen LogP contribution is 2.28. The average Bonchev–Trinajstić information content (AvgIpc) is 3.07. The van der Waals surface area contributed by atoms with Gasteiger partial charge in [0.2, 0.25) is 11.8 Å². The van der Waals surface area contributed by atoms with Crippen LogP contribution in [0.5, 0.6) is 5.75 Å². The Labute approximate surface area is 167 Å². The summed E-state index contributed by atoms with van der Waals surface area (Å²) in [6, 6.07) is 15.1. The number of carbonyl (C=O) groups excluding carboxylic acids is 2. The van der Waals surface area contributed by atoms with Gasteiger partial charge in [0.05, 0.1) is 13.2 Å². The lowest BCUT2D eigenvalue weighted by atomic mass is 10.0. The van der Waals surface area contributed by atoms with E-state index in [2.05, 4.69) is 21.2 Å². The maximum Gasteiger partial charge on any atom is 0.239 e. The van der Waals surface area contributed by atoms with Crippen LogP contribution in [0.1, 0.15) is 31.4 Å². The van der Waals surface area contributed by atoms with Gasteiger partial charge in [0.15, 0.2) is 0 Å². The Morgan fingerprint density at radius 1 is 1.30 bits per heavy atom. The molecule has 0 bridgehead atoms. The summed E-state index contributed by atoms with van der Waals surface area (Å²) in [5.74, 6) is -0.220. The normalized spacial score (nSPS) is 17.7. The van der Waals surface area contributed by atoms with E-state index in [0.717, 1.165) is 27.9 Å². The van der Waals surface area contributed by atoms with Gasteiger partial charge in [0.1, 0.15) is 11.7 Å². The van der Waals surface area contributed by atoms with E-state index in [9.17, 15) is 9.59 Å². The maximum absolute atomic E-state index is 12.8. The number of anilines is 1. The van der Waals surface area contributed by atoms with Crippen LogP contribution in [0.25, 0.3) is 0 Å². The third-order valence-corrected chi connectivity index (χ3v) is 5.38. The van der Waals surface area contributed by atoms with Crippen LogP contribution in [-0.2, 0) is 9.59 Å². The summed E-state index contributed by atoms with van der Waals surface area (Å²) in [5, 5.41) is 3.04. The number of carbonyl (C=O) groups is 2. The van der Waals surface area contributed by atoms with Crippen molar-refractivity contribution in [3.8, 4) is 5.75 Å². The number of rotatable bonds is 6. The Balaban J connectivity index is 1.68. The first kappa shape index (κ1) is 19.4. The maximum atomic E-state index is 12.8. The van der Waals surface area contributed by atoms with Crippen molar-refractivity contribution in [3.63, 3.8) is 0 Å². The highest BCUT2D eigenvalue weighted by molar-refractivity contribution is 9.10. The molecule has 1 N–H and O–H groups in total. The molecule has 2 atom stereocenters. The molecule has 2 aromatic carbocycles. The summed E-state index contributed by atoms with van der Waals surface area (Å²) in [6.07, 6.45) is 1.27. The first-order valence-corrected chi connectivity index (χ1v) is 9.84. The van der Waals surface area contributed by atoms with E-state index in [1.807, 2.05) is 55.5 Å². The van der Waals surface area contributed by atoms with E-state index < -0.39 is 5.92 Å². The molecular weight excluding hydrogens is 408 g/mol. The van der Waals surface area contributed by atoms with Gasteiger partial charge in [-0.15, -0.1) is 0 Å². The molecule has 6 heteroatoms. The predicted octanol–water partition coefficient (Wildman–Crippen LogP) is 4.08. The molecule has 0 aliphatic carbocycles. The molecule has 0 radical (unpaired) electrons. The van der Waals surface area contributed by atoms with Crippen molar-refractivity contribution >= 4 is 33.4 Å². The zero-order valence-corrected chi connectivity index (χ0v) is 17.0. The Kier molecular flexibility index (Phi) is 6.16. The van der Waals surface area contributed by atoms with Crippen molar-refractivity contribution in [1.82, 2.24) is 5.32 Å².